The van der Waals surface area contributed by atoms with Crippen LogP contribution < -0.4 is 5.32 Å². The van der Waals surface area contributed by atoms with E-state index in [4.69, 9.17) is 19.9 Å². The summed E-state index contributed by atoms with van der Waals surface area (Å²) in [6, 6.07) is 83.9. The van der Waals surface area contributed by atoms with Gasteiger partial charge in [-0.25, -0.2) is 9.98 Å². The number of hydrogen-bond donors (Lipinski definition) is 1. The summed E-state index contributed by atoms with van der Waals surface area (Å²) in [5.74, 6) is 1.75. The first kappa shape index (κ1) is 42.2. The monoisotopic (exact) mass is 973 g/mol. The number of benzene rings is 10. The second kappa shape index (κ2) is 16.6. The van der Waals surface area contributed by atoms with Gasteiger partial charge in [0.15, 0.2) is 11.6 Å². The van der Waals surface area contributed by atoms with Crippen molar-refractivity contribution in [1.82, 2.24) is 38.5 Å². The lowest BCUT2D eigenvalue weighted by Crippen LogP contribution is -2.26. The molecule has 356 valence electrons. The Kier molecular flexibility index (Phi) is 9.19. The lowest BCUT2D eigenvalue weighted by atomic mass is 10.1. The first-order valence-corrected chi connectivity index (χ1v) is 25.7. The van der Waals surface area contributed by atoms with Crippen LogP contribution in [-0.2, 0) is 0 Å². The minimum Gasteiger partial charge on any atom is -0.346 e. The van der Waals surface area contributed by atoms with E-state index in [9.17, 15) is 0 Å². The van der Waals surface area contributed by atoms with Gasteiger partial charge >= 0.3 is 0 Å². The molecule has 1 aliphatic rings. The van der Waals surface area contributed by atoms with Crippen LogP contribution in [-0.4, -0.2) is 39.4 Å². The molecule has 1 atom stereocenters. The van der Waals surface area contributed by atoms with E-state index in [0.29, 0.717) is 17.6 Å². The van der Waals surface area contributed by atoms with Crippen molar-refractivity contribution in [2.75, 3.05) is 0 Å². The first-order valence-electron chi connectivity index (χ1n) is 25.7. The lowest BCUT2D eigenvalue weighted by Gasteiger charge is -2.25. The van der Waals surface area contributed by atoms with Gasteiger partial charge in [0.05, 0.1) is 44.1 Å². The van der Waals surface area contributed by atoms with E-state index in [2.05, 4.69) is 230 Å². The van der Waals surface area contributed by atoms with Crippen molar-refractivity contribution in [3.8, 4) is 40.1 Å². The van der Waals surface area contributed by atoms with Crippen LogP contribution in [0.15, 0.2) is 248 Å². The highest BCUT2D eigenvalue weighted by atomic mass is 15.3. The summed E-state index contributed by atoms with van der Waals surface area (Å²) in [7, 11) is 0. The van der Waals surface area contributed by atoms with Crippen molar-refractivity contribution >= 4 is 99.1 Å². The molecule has 76 heavy (non-hydrogen) atoms. The standard InChI is InChI=1S/C67H43N9/c1-6-20-42(21-7-1)55-40-41-68-66(69-55)75-56-32-18-16-30-47(56)49-34-36-53-51-38-39-52-54-37-35-50-48-31-17-19-33-57(48)76(67-71-64(43-22-8-2-9-23-43)70-65(72-67)44-24-10-3-11-25-44)63(50)61(54)74(46-28-14-5-15-29-46)59(52)58(51)73(60(53)62(49)75)45-26-12-4-13-27-45/h1-41,66,69H. The Balaban J connectivity index is 1.07. The third kappa shape index (κ3) is 6.20. The number of rotatable bonds is 7. The smallest absolute Gasteiger partial charge is 0.238 e. The van der Waals surface area contributed by atoms with E-state index >= 15 is 0 Å². The molecule has 1 unspecified atom stereocenters. The van der Waals surface area contributed by atoms with Crippen molar-refractivity contribution in [2.24, 2.45) is 4.99 Å². The molecule has 16 rings (SSSR count). The second-order valence-electron chi connectivity index (χ2n) is 19.4. The third-order valence-electron chi connectivity index (χ3n) is 15.3. The molecule has 6 heterocycles. The lowest BCUT2D eigenvalue weighted by molar-refractivity contribution is 0.511. The first-order chi connectivity index (χ1) is 37.7. The van der Waals surface area contributed by atoms with Crippen molar-refractivity contribution in [1.29, 1.82) is 0 Å². The normalized spacial score (nSPS) is 13.8. The van der Waals surface area contributed by atoms with E-state index in [1.54, 1.807) is 0 Å². The molecule has 15 aromatic rings. The quantitative estimate of drug-likeness (QED) is 0.172. The summed E-state index contributed by atoms with van der Waals surface area (Å²) < 4.78 is 9.69. The maximum atomic E-state index is 5.39. The molecule has 9 nitrogen and oxygen atoms in total. The van der Waals surface area contributed by atoms with Gasteiger partial charge in [-0.05, 0) is 48.0 Å². The molecule has 0 radical (unpaired) electrons. The summed E-state index contributed by atoms with van der Waals surface area (Å²) in [5.41, 5.74) is 14.6. The number of nitrogens with one attached hydrogen (secondary N) is 1. The molecule has 0 bridgehead atoms. The number of para-hydroxylation sites is 4. The minimum absolute atomic E-state index is 0.429. The fourth-order valence-electron chi connectivity index (χ4n) is 12.1. The van der Waals surface area contributed by atoms with Gasteiger partial charge < -0.3 is 14.5 Å². The zero-order valence-corrected chi connectivity index (χ0v) is 40.8. The highest BCUT2D eigenvalue weighted by Gasteiger charge is 2.29. The van der Waals surface area contributed by atoms with Crippen LogP contribution in [0.1, 0.15) is 11.9 Å². The van der Waals surface area contributed by atoms with E-state index < -0.39 is 6.29 Å². The molecule has 0 fully saturated rings. The predicted molar refractivity (Wildman–Crippen MR) is 312 cm³/mol. The number of aliphatic imine (C=N–C) groups is 1. The molecule has 0 aliphatic carbocycles. The Bertz CT molecular complexity index is 4820. The predicted octanol–water partition coefficient (Wildman–Crippen LogP) is 15.8. The van der Waals surface area contributed by atoms with Gasteiger partial charge in [-0.3, -0.25) is 9.13 Å². The van der Waals surface area contributed by atoms with E-state index in [1.165, 1.54) is 5.39 Å². The highest BCUT2D eigenvalue weighted by Crippen LogP contribution is 2.48. The van der Waals surface area contributed by atoms with Gasteiger partial charge in [0.25, 0.3) is 0 Å². The van der Waals surface area contributed by atoms with Crippen molar-refractivity contribution in [2.45, 2.75) is 6.29 Å². The summed E-state index contributed by atoms with van der Waals surface area (Å²) >= 11 is 0. The molecule has 10 aromatic carbocycles. The molecular formula is C67H43N9. The van der Waals surface area contributed by atoms with E-state index in [1.807, 2.05) is 42.6 Å². The second-order valence-corrected chi connectivity index (χ2v) is 19.4. The van der Waals surface area contributed by atoms with Crippen LogP contribution in [0.25, 0.3) is 133 Å². The van der Waals surface area contributed by atoms with Gasteiger partial charge in [-0.2, -0.15) is 9.97 Å². The van der Waals surface area contributed by atoms with Gasteiger partial charge in [0.1, 0.15) is 0 Å². The molecule has 9 heteroatoms. The van der Waals surface area contributed by atoms with Crippen LogP contribution in [0.5, 0.6) is 0 Å². The van der Waals surface area contributed by atoms with Gasteiger partial charge in [-0.15, -0.1) is 0 Å². The van der Waals surface area contributed by atoms with E-state index in [-0.39, 0.29) is 0 Å². The maximum absolute atomic E-state index is 5.39. The SMILES string of the molecule is C1=NC(n2c3ccccc3c3ccc4c5ccc6c7ccc8c9ccccc9n(-c9nc(-c%10ccccc%10)nc(-c%10ccccc%10)n9)c8c7n(-c7ccccc7)c6c5n(-c5ccccc5)c4c32)NC(c2ccccc2)=C1. The molecule has 0 saturated carbocycles. The number of nitrogens with zero attached hydrogens (tertiary/aromatic N) is 8. The Morgan fingerprint density at radius 3 is 1.21 bits per heavy atom. The number of hydrogen-bond acceptors (Lipinski definition) is 5. The Morgan fingerprint density at radius 1 is 0.316 bits per heavy atom. The van der Waals surface area contributed by atoms with E-state index in [0.717, 1.165) is 116 Å². The molecule has 0 amide bonds. The Hall–Kier alpha value is -10.4. The Morgan fingerprint density at radius 2 is 0.697 bits per heavy atom. The molecular weight excluding hydrogens is 931 g/mol. The highest BCUT2D eigenvalue weighted by molar-refractivity contribution is 6.31. The average Bonchev–Trinajstić information content (AvgIpc) is 4.42. The van der Waals surface area contributed by atoms with Gasteiger partial charge in [-0.1, -0.05) is 200 Å². The van der Waals surface area contributed by atoms with Crippen molar-refractivity contribution in [3.63, 3.8) is 0 Å². The zero-order chi connectivity index (χ0) is 49.8. The number of allylic oxidation sites excluding steroid dienone is 1. The summed E-state index contributed by atoms with van der Waals surface area (Å²) in [6.07, 6.45) is 3.58. The zero-order valence-electron chi connectivity index (χ0n) is 40.8. The molecule has 1 N–H and O–H groups in total. The number of fused-ring (bicyclic) bond motifs is 15. The third-order valence-corrected chi connectivity index (χ3v) is 15.3. The largest absolute Gasteiger partial charge is 0.346 e. The topological polar surface area (TPSA) is 82.8 Å². The molecule has 5 aromatic heterocycles. The summed E-state index contributed by atoms with van der Waals surface area (Å²) in [6.45, 7) is 0. The van der Waals surface area contributed by atoms with Crippen LogP contribution in [0.2, 0.25) is 0 Å². The van der Waals surface area contributed by atoms with Crippen LogP contribution in [0.4, 0.5) is 0 Å². The number of aromatic nitrogens is 7. The summed E-state index contributed by atoms with van der Waals surface area (Å²) in [5, 5.41) is 12.9. The van der Waals surface area contributed by atoms with Crippen molar-refractivity contribution < 1.29 is 0 Å². The Labute approximate surface area is 435 Å². The average molecular weight is 974 g/mol. The fourth-order valence-corrected chi connectivity index (χ4v) is 12.1. The van der Waals surface area contributed by atoms with Gasteiger partial charge in [0.2, 0.25) is 12.2 Å². The molecule has 1 aliphatic heterocycles. The van der Waals surface area contributed by atoms with Crippen LogP contribution >= 0.6 is 0 Å². The molecule has 0 spiro atoms. The summed E-state index contributed by atoms with van der Waals surface area (Å²) in [4.78, 5) is 21.1. The minimum atomic E-state index is -0.429. The van der Waals surface area contributed by atoms with Crippen LogP contribution in [0, 0.1) is 0 Å². The fraction of sp³-hybridized carbons (Fsp3) is 0.0149. The maximum Gasteiger partial charge on any atom is 0.238 e. The molecule has 0 saturated heterocycles. The van der Waals surface area contributed by atoms with Gasteiger partial charge in [0, 0.05) is 77.5 Å². The van der Waals surface area contributed by atoms with Crippen LogP contribution in [0.3, 0.4) is 0 Å². The van der Waals surface area contributed by atoms with Crippen molar-refractivity contribution in [3.05, 3.63) is 248 Å².